The molecule has 0 spiro atoms. The molecule has 0 amide bonds. The molecule has 0 saturated heterocycles. The Bertz CT molecular complexity index is 441. The van der Waals surface area contributed by atoms with E-state index < -0.39 is 0 Å². The zero-order valence-corrected chi connectivity index (χ0v) is 10.5. The van der Waals surface area contributed by atoms with Crippen LogP contribution in [0.15, 0.2) is 29.6 Å². The van der Waals surface area contributed by atoms with Crippen molar-refractivity contribution in [1.29, 1.82) is 0 Å². The SMILES string of the molecule is COc1ccc(C(N)CCc2cccs2)nn1. The maximum atomic E-state index is 6.06. The van der Waals surface area contributed by atoms with Gasteiger partial charge in [-0.2, -0.15) is 5.10 Å². The van der Waals surface area contributed by atoms with Gasteiger partial charge in [0.1, 0.15) is 0 Å². The molecule has 2 aromatic rings. The predicted octanol–water partition coefficient (Wildman–Crippen LogP) is 2.18. The number of hydrogen-bond donors (Lipinski definition) is 1. The molecule has 2 N–H and O–H groups in total. The lowest BCUT2D eigenvalue weighted by Gasteiger charge is -2.09. The Morgan fingerprint density at radius 1 is 1.35 bits per heavy atom. The minimum absolute atomic E-state index is 0.0736. The Hall–Kier alpha value is -1.46. The van der Waals surface area contributed by atoms with Crippen molar-refractivity contribution >= 4 is 11.3 Å². The molecule has 0 bridgehead atoms. The van der Waals surface area contributed by atoms with E-state index >= 15 is 0 Å². The first kappa shape index (κ1) is 12.0. The lowest BCUT2D eigenvalue weighted by molar-refractivity contribution is 0.390. The highest BCUT2D eigenvalue weighted by atomic mass is 32.1. The van der Waals surface area contributed by atoms with Crippen molar-refractivity contribution in [2.75, 3.05) is 7.11 Å². The minimum Gasteiger partial charge on any atom is -0.480 e. The molecule has 0 fully saturated rings. The molecule has 90 valence electrons. The minimum atomic E-state index is -0.0736. The van der Waals surface area contributed by atoms with Crippen molar-refractivity contribution in [2.45, 2.75) is 18.9 Å². The molecule has 2 rings (SSSR count). The number of methoxy groups -OCH3 is 1. The van der Waals surface area contributed by atoms with Gasteiger partial charge in [0.2, 0.25) is 5.88 Å². The smallest absolute Gasteiger partial charge is 0.233 e. The van der Waals surface area contributed by atoms with Gasteiger partial charge in [0, 0.05) is 17.0 Å². The first-order chi connectivity index (χ1) is 8.29. The fraction of sp³-hybridized carbons (Fsp3) is 0.333. The van der Waals surface area contributed by atoms with E-state index in [2.05, 4.69) is 27.7 Å². The van der Waals surface area contributed by atoms with Crippen molar-refractivity contribution in [1.82, 2.24) is 10.2 Å². The van der Waals surface area contributed by atoms with Crippen LogP contribution in [-0.4, -0.2) is 17.3 Å². The van der Waals surface area contributed by atoms with Crippen LogP contribution < -0.4 is 10.5 Å². The third kappa shape index (κ3) is 3.25. The fourth-order valence-electron chi connectivity index (χ4n) is 1.54. The molecule has 0 saturated carbocycles. The van der Waals surface area contributed by atoms with Crippen molar-refractivity contribution in [3.63, 3.8) is 0 Å². The second-order valence-corrected chi connectivity index (χ2v) is 4.76. The van der Waals surface area contributed by atoms with Crippen LogP contribution in [0.25, 0.3) is 0 Å². The highest BCUT2D eigenvalue weighted by molar-refractivity contribution is 7.09. The summed E-state index contributed by atoms with van der Waals surface area (Å²) >= 11 is 1.75. The zero-order chi connectivity index (χ0) is 12.1. The van der Waals surface area contributed by atoms with Gasteiger partial charge >= 0.3 is 0 Å². The maximum Gasteiger partial charge on any atom is 0.233 e. The summed E-state index contributed by atoms with van der Waals surface area (Å²) < 4.78 is 4.96. The number of hydrogen-bond acceptors (Lipinski definition) is 5. The lowest BCUT2D eigenvalue weighted by atomic mass is 10.1. The van der Waals surface area contributed by atoms with Crippen molar-refractivity contribution < 1.29 is 4.74 Å². The summed E-state index contributed by atoms with van der Waals surface area (Å²) in [5.74, 6) is 0.513. The second-order valence-electron chi connectivity index (χ2n) is 3.73. The highest BCUT2D eigenvalue weighted by Crippen LogP contribution is 2.18. The first-order valence-electron chi connectivity index (χ1n) is 5.45. The Kier molecular flexibility index (Phi) is 4.06. The number of nitrogens with zero attached hydrogens (tertiary/aromatic N) is 2. The van der Waals surface area contributed by atoms with Crippen LogP contribution in [0.5, 0.6) is 5.88 Å². The quantitative estimate of drug-likeness (QED) is 0.882. The number of rotatable bonds is 5. The summed E-state index contributed by atoms with van der Waals surface area (Å²) in [5, 5.41) is 10.0. The van der Waals surface area contributed by atoms with Gasteiger partial charge in [-0.1, -0.05) is 6.07 Å². The highest BCUT2D eigenvalue weighted by Gasteiger charge is 2.09. The monoisotopic (exact) mass is 249 g/mol. The Morgan fingerprint density at radius 2 is 2.24 bits per heavy atom. The molecule has 0 aliphatic rings. The number of ether oxygens (including phenoxy) is 1. The standard InChI is InChI=1S/C12H15N3OS/c1-16-12-7-6-11(14-15-12)10(13)5-4-9-3-2-8-17-9/h2-3,6-8,10H,4-5,13H2,1H3. The third-order valence-electron chi connectivity index (χ3n) is 2.53. The van der Waals surface area contributed by atoms with Gasteiger partial charge < -0.3 is 10.5 Å². The largest absolute Gasteiger partial charge is 0.480 e. The number of thiophene rings is 1. The van der Waals surface area contributed by atoms with Crippen molar-refractivity contribution in [3.8, 4) is 5.88 Å². The van der Waals surface area contributed by atoms with Crippen molar-refractivity contribution in [2.24, 2.45) is 5.73 Å². The summed E-state index contributed by atoms with van der Waals surface area (Å²) in [7, 11) is 1.57. The molecule has 0 radical (unpaired) electrons. The summed E-state index contributed by atoms with van der Waals surface area (Å²) in [6, 6.07) is 7.75. The topological polar surface area (TPSA) is 61.0 Å². The maximum absolute atomic E-state index is 6.06. The van der Waals surface area contributed by atoms with E-state index in [0.717, 1.165) is 18.5 Å². The van der Waals surface area contributed by atoms with Crippen LogP contribution in [-0.2, 0) is 6.42 Å². The van der Waals surface area contributed by atoms with Gasteiger partial charge in [0.25, 0.3) is 0 Å². The molecule has 0 aromatic carbocycles. The molecular weight excluding hydrogens is 234 g/mol. The van der Waals surface area contributed by atoms with Gasteiger partial charge in [0.05, 0.1) is 12.8 Å². The van der Waals surface area contributed by atoms with Crippen LogP contribution in [0.3, 0.4) is 0 Å². The van der Waals surface area contributed by atoms with E-state index in [1.54, 1.807) is 24.5 Å². The Balaban J connectivity index is 1.92. The average Bonchev–Trinajstić information content (AvgIpc) is 2.89. The van der Waals surface area contributed by atoms with Crippen LogP contribution in [0.1, 0.15) is 23.0 Å². The first-order valence-corrected chi connectivity index (χ1v) is 6.33. The van der Waals surface area contributed by atoms with Crippen LogP contribution >= 0.6 is 11.3 Å². The summed E-state index contributed by atoms with van der Waals surface area (Å²) in [5.41, 5.74) is 6.87. The normalized spacial score (nSPS) is 12.4. The molecule has 4 nitrogen and oxygen atoms in total. The van der Waals surface area contributed by atoms with E-state index in [1.165, 1.54) is 4.88 Å². The van der Waals surface area contributed by atoms with Gasteiger partial charge in [-0.25, -0.2) is 0 Å². The Morgan fingerprint density at radius 3 is 2.82 bits per heavy atom. The summed E-state index contributed by atoms with van der Waals surface area (Å²) in [6.45, 7) is 0. The summed E-state index contributed by atoms with van der Waals surface area (Å²) in [6.07, 6.45) is 1.86. The molecule has 1 unspecified atom stereocenters. The summed E-state index contributed by atoms with van der Waals surface area (Å²) in [4.78, 5) is 1.35. The number of nitrogens with two attached hydrogens (primary N) is 1. The lowest BCUT2D eigenvalue weighted by Crippen LogP contribution is -2.13. The van der Waals surface area contributed by atoms with E-state index in [0.29, 0.717) is 5.88 Å². The molecule has 2 heterocycles. The molecule has 1 atom stereocenters. The number of aromatic nitrogens is 2. The average molecular weight is 249 g/mol. The Labute approximate surface area is 104 Å². The fourth-order valence-corrected chi connectivity index (χ4v) is 2.26. The number of aryl methyl sites for hydroxylation is 1. The zero-order valence-electron chi connectivity index (χ0n) is 9.67. The van der Waals surface area contributed by atoms with Crippen LogP contribution in [0.2, 0.25) is 0 Å². The van der Waals surface area contributed by atoms with E-state index in [-0.39, 0.29) is 6.04 Å². The molecular formula is C12H15N3OS. The van der Waals surface area contributed by atoms with E-state index in [9.17, 15) is 0 Å². The van der Waals surface area contributed by atoms with Gasteiger partial charge in [-0.3, -0.25) is 0 Å². The molecule has 2 aromatic heterocycles. The van der Waals surface area contributed by atoms with Gasteiger partial charge in [-0.05, 0) is 30.4 Å². The molecule has 0 aliphatic heterocycles. The molecule has 0 aliphatic carbocycles. The molecule has 17 heavy (non-hydrogen) atoms. The van der Waals surface area contributed by atoms with Crippen LogP contribution in [0, 0.1) is 0 Å². The second kappa shape index (κ2) is 5.75. The third-order valence-corrected chi connectivity index (χ3v) is 3.47. The van der Waals surface area contributed by atoms with Crippen molar-refractivity contribution in [3.05, 3.63) is 40.2 Å². The predicted molar refractivity (Wildman–Crippen MR) is 68.2 cm³/mol. The van der Waals surface area contributed by atoms with Gasteiger partial charge in [0.15, 0.2) is 0 Å². The van der Waals surface area contributed by atoms with E-state index in [1.807, 2.05) is 6.07 Å². The molecule has 5 heteroatoms. The van der Waals surface area contributed by atoms with Gasteiger partial charge in [-0.15, -0.1) is 16.4 Å². The van der Waals surface area contributed by atoms with Crippen LogP contribution in [0.4, 0.5) is 0 Å². The van der Waals surface area contributed by atoms with E-state index in [4.69, 9.17) is 10.5 Å².